The van der Waals surface area contributed by atoms with Gasteiger partial charge >= 0.3 is 5.97 Å². The minimum absolute atomic E-state index is 0.0678. The Hall–Kier alpha value is -11.5. The summed E-state index contributed by atoms with van der Waals surface area (Å²) in [6.07, 6.45) is 1.24. The number of amides is 5. The number of primary amides is 1. The minimum Gasteiger partial charge on any atom is -0.489 e. The zero-order valence-corrected chi connectivity index (χ0v) is 55.0. The zero-order chi connectivity index (χ0) is 70.9. The number of para-hydroxylation sites is 3. The number of carbonyl (C=O) groups excluding carboxylic acids is 6. The fourth-order valence-corrected chi connectivity index (χ4v) is 13.1. The van der Waals surface area contributed by atoms with Gasteiger partial charge in [0.05, 0.1) is 57.7 Å². The van der Waals surface area contributed by atoms with Crippen molar-refractivity contribution in [2.75, 3.05) is 19.5 Å². The van der Waals surface area contributed by atoms with Crippen molar-refractivity contribution in [1.82, 2.24) is 36.7 Å². The van der Waals surface area contributed by atoms with Crippen molar-refractivity contribution in [3.05, 3.63) is 244 Å². The number of halogens is 2. The molecule has 0 spiro atoms. The number of hydrogen-bond donors (Lipinski definition) is 9. The van der Waals surface area contributed by atoms with Crippen LogP contribution in [-0.4, -0.2) is 80.2 Å². The molecule has 514 valence electrons. The van der Waals surface area contributed by atoms with Crippen LogP contribution in [-0.2, 0) is 78.1 Å². The lowest BCUT2D eigenvalue weighted by Gasteiger charge is -2.19. The number of aryl methyl sites for hydroxylation is 2. The third kappa shape index (κ3) is 15.3. The molecule has 3 saturated carbocycles. The van der Waals surface area contributed by atoms with E-state index in [2.05, 4.69) is 25.6 Å². The Bertz CT molecular complexity index is 4740. The lowest BCUT2D eigenvalue weighted by atomic mass is 9.91. The number of nitrogens with zero attached hydrogens (tertiary/aromatic N) is 3. The average molecular weight is 1360 g/mol. The summed E-state index contributed by atoms with van der Waals surface area (Å²) in [5.41, 5.74) is 17.3. The lowest BCUT2D eigenvalue weighted by Crippen LogP contribution is -2.38. The van der Waals surface area contributed by atoms with Gasteiger partial charge in [0, 0.05) is 57.8 Å². The molecule has 22 nitrogen and oxygen atoms in total. The summed E-state index contributed by atoms with van der Waals surface area (Å²) in [5.74, 6) is -4.30. The predicted molar refractivity (Wildman–Crippen MR) is 364 cm³/mol. The molecule has 0 bridgehead atoms. The van der Waals surface area contributed by atoms with Crippen LogP contribution in [0.3, 0.4) is 0 Å². The fraction of sp³-hybridized carbons (Fsp3) is 0.250. The average Bonchev–Trinajstić information content (AvgIpc) is 1.57. The van der Waals surface area contributed by atoms with Crippen LogP contribution in [0, 0.1) is 54.1 Å². The predicted octanol–water partition coefficient (Wildman–Crippen LogP) is 10.2. The van der Waals surface area contributed by atoms with E-state index in [1.54, 1.807) is 66.0 Å². The highest BCUT2D eigenvalue weighted by molar-refractivity contribution is 6.01. The maximum atomic E-state index is 14.8. The molecule has 24 heteroatoms. The Balaban J connectivity index is 0.000000152. The Morgan fingerprint density at radius 1 is 0.530 bits per heavy atom. The summed E-state index contributed by atoms with van der Waals surface area (Å²) >= 11 is 0. The van der Waals surface area contributed by atoms with Gasteiger partial charge in [0.15, 0.2) is 11.6 Å². The third-order valence-electron chi connectivity index (χ3n) is 18.6. The number of nitrogens with one attached hydrogen (secondary N) is 5. The fourth-order valence-electron chi connectivity index (χ4n) is 13.1. The van der Waals surface area contributed by atoms with E-state index in [0.717, 1.165) is 71.9 Å². The highest BCUT2D eigenvalue weighted by Crippen LogP contribution is 2.57. The van der Waals surface area contributed by atoms with E-state index in [-0.39, 0.29) is 49.9 Å². The van der Waals surface area contributed by atoms with Gasteiger partial charge in [0.1, 0.15) is 43.0 Å². The van der Waals surface area contributed by atoms with Gasteiger partial charge in [-0.2, -0.15) is 0 Å². The number of ether oxygens (including phenoxy) is 4. The highest BCUT2D eigenvalue weighted by atomic mass is 19.1. The van der Waals surface area contributed by atoms with Gasteiger partial charge in [-0.15, -0.1) is 0 Å². The van der Waals surface area contributed by atoms with Gasteiger partial charge in [0.2, 0.25) is 29.5 Å². The molecular weight excluding hydrogens is 1280 g/mol. The number of methoxy groups -OCH3 is 1. The number of carbonyl (C=O) groups is 6. The Morgan fingerprint density at radius 2 is 1.03 bits per heavy atom. The van der Waals surface area contributed by atoms with E-state index >= 15 is 0 Å². The van der Waals surface area contributed by atoms with Crippen molar-refractivity contribution in [1.29, 1.82) is 0 Å². The van der Waals surface area contributed by atoms with E-state index in [4.69, 9.17) is 35.1 Å². The number of nitrogens with two attached hydrogens (primary N) is 1. The molecule has 10 N–H and O–H groups in total. The molecule has 3 aromatic heterocycles. The molecule has 3 aliphatic rings. The Labute approximate surface area is 573 Å². The maximum Gasteiger partial charge on any atom is 0.312 e. The highest BCUT2D eigenvalue weighted by Gasteiger charge is 2.66. The second-order valence-electron chi connectivity index (χ2n) is 25.1. The standard InChI is InChI=1S/C29H26FN3O4.C24H24FN3O5.C23H23N3O4/c1-18-13-20(24-7-2-3-8-26(24)32-18)17-37-23-6-4-5-21(14-23)29(15-25(29)27(34)33-36)28(35)31-16-19-9-11-22(30)12-10-19;1-26-21-10-15(16-5-3-4-6-19(16)27-21)13-33-20-8-7-14(9-18(20)25)11-24(23(30)32-2)12-17(24)22(29)28-31;1-14-10-16(18-4-2-3-5-20(18)25-14)13-30-17-8-6-15(7-9-17)11-23(22(24)28)12-19(23)21(27)26-29/h2-14,25,36H,15-17H2,1H3,(H,31,35)(H,33,34);3-10,17,31H,11-13H2,1-2H3,(H,26,27)(H,28,29);2-10,19,29H,11-13H2,1H3,(H2,24,28)(H,26,27)/t25-,29-;17-,24+;19-,23+/m011/s1. The van der Waals surface area contributed by atoms with E-state index < -0.39 is 69.4 Å². The van der Waals surface area contributed by atoms with Crippen molar-refractivity contribution in [3.63, 3.8) is 0 Å². The molecule has 100 heavy (non-hydrogen) atoms. The first-order chi connectivity index (χ1) is 48.2. The number of rotatable bonds is 23. The van der Waals surface area contributed by atoms with E-state index in [1.165, 1.54) is 31.4 Å². The zero-order valence-electron chi connectivity index (χ0n) is 55.0. The molecule has 13 rings (SSSR count). The topological polar surface area (TPSA) is 325 Å². The summed E-state index contributed by atoms with van der Waals surface area (Å²) in [7, 11) is 3.01. The minimum atomic E-state index is -1.15. The van der Waals surface area contributed by atoms with Gasteiger partial charge in [-0.1, -0.05) is 97.1 Å². The quantitative estimate of drug-likeness (QED) is 0.0163. The third-order valence-corrected chi connectivity index (χ3v) is 18.6. The number of hydrogen-bond acceptors (Lipinski definition) is 17. The number of benzene rings is 7. The maximum absolute atomic E-state index is 14.8. The van der Waals surface area contributed by atoms with Crippen LogP contribution >= 0.6 is 0 Å². The van der Waals surface area contributed by atoms with Crippen LogP contribution in [0.4, 0.5) is 14.6 Å². The molecule has 3 heterocycles. The second-order valence-corrected chi connectivity index (χ2v) is 25.1. The summed E-state index contributed by atoms with van der Waals surface area (Å²) in [4.78, 5) is 87.0. The van der Waals surface area contributed by atoms with E-state index in [9.17, 15) is 42.8 Å². The largest absolute Gasteiger partial charge is 0.489 e. The summed E-state index contributed by atoms with van der Waals surface area (Å²) < 4.78 is 50.7. The molecule has 3 fully saturated rings. The molecule has 3 aliphatic carbocycles. The monoisotopic (exact) mass is 1360 g/mol. The molecule has 0 saturated heterocycles. The molecule has 6 atom stereocenters. The van der Waals surface area contributed by atoms with Crippen LogP contribution in [0.5, 0.6) is 17.2 Å². The molecule has 0 radical (unpaired) electrons. The number of hydroxylamine groups is 3. The van der Waals surface area contributed by atoms with Gasteiger partial charge in [-0.05, 0) is 153 Å². The van der Waals surface area contributed by atoms with Gasteiger partial charge in [-0.3, -0.25) is 54.4 Å². The van der Waals surface area contributed by atoms with Crippen LogP contribution in [0.2, 0.25) is 0 Å². The van der Waals surface area contributed by atoms with Crippen molar-refractivity contribution >= 4 is 74.0 Å². The Morgan fingerprint density at radius 3 is 1.59 bits per heavy atom. The van der Waals surface area contributed by atoms with Crippen molar-refractivity contribution in [3.8, 4) is 17.2 Å². The molecule has 5 amide bonds. The van der Waals surface area contributed by atoms with Crippen LogP contribution < -0.4 is 47.0 Å². The molecule has 0 unspecified atom stereocenters. The van der Waals surface area contributed by atoms with Gasteiger partial charge in [-0.25, -0.2) is 30.2 Å². The number of aromatic nitrogens is 3. The van der Waals surface area contributed by atoms with Crippen LogP contribution in [0.25, 0.3) is 32.7 Å². The first-order valence-corrected chi connectivity index (χ1v) is 32.1. The first kappa shape index (κ1) is 69.9. The number of fused-ring (bicyclic) bond motifs is 3. The SMILES string of the molecule is CNc1cc(COc2ccc(C[C@]3(C(=O)OC)C[C@@H]3C(=O)NO)cc2F)c2ccccc2n1.Cc1cc(COc2ccc(C[C@]3(C(N)=O)C[C@@H]3C(=O)NO)cc2)c2ccccc2n1.Cc1cc(COc2cccc([C@@]3(C(=O)NCc4ccc(F)cc4)C[C@H]3C(=O)NO)c2)c2ccccc2n1. The van der Waals surface area contributed by atoms with Crippen LogP contribution in [0.15, 0.2) is 182 Å². The lowest BCUT2D eigenvalue weighted by molar-refractivity contribution is -0.149. The first-order valence-electron chi connectivity index (χ1n) is 32.1. The number of esters is 1. The van der Waals surface area contributed by atoms with Gasteiger partial charge in [0.25, 0.3) is 0 Å². The van der Waals surface area contributed by atoms with Crippen molar-refractivity contribution < 1.29 is 72.1 Å². The summed E-state index contributed by atoms with van der Waals surface area (Å²) in [6, 6.07) is 54.1. The smallest absolute Gasteiger partial charge is 0.312 e. The normalized spacial score (nSPS) is 19.1. The number of anilines is 1. The second kappa shape index (κ2) is 30.1. The summed E-state index contributed by atoms with van der Waals surface area (Å²) in [6.45, 7) is 4.93. The molecular formula is C76H73F2N9O13. The Kier molecular flexibility index (Phi) is 21.0. The van der Waals surface area contributed by atoms with Crippen molar-refractivity contribution in [2.24, 2.45) is 34.3 Å². The molecule has 10 aromatic rings. The van der Waals surface area contributed by atoms with Crippen LogP contribution in [0.1, 0.15) is 69.6 Å². The number of pyridine rings is 3. The molecule has 7 aromatic carbocycles. The molecule has 0 aliphatic heterocycles. The summed E-state index contributed by atoms with van der Waals surface area (Å²) in [5, 5.41) is 35.8. The van der Waals surface area contributed by atoms with E-state index in [1.807, 2.05) is 129 Å². The van der Waals surface area contributed by atoms with E-state index in [0.29, 0.717) is 54.5 Å². The van der Waals surface area contributed by atoms with Crippen molar-refractivity contribution in [2.45, 2.75) is 77.7 Å². The van der Waals surface area contributed by atoms with Gasteiger partial charge < -0.3 is 35.3 Å².